The smallest absolute Gasteiger partial charge is 0.336 e. The fourth-order valence-electron chi connectivity index (χ4n) is 7.47. The van der Waals surface area contributed by atoms with Gasteiger partial charge in [0.2, 0.25) is 9.84 Å². The molecule has 0 saturated heterocycles. The fourth-order valence-corrected chi connectivity index (χ4v) is 9.43. The molecule has 0 amide bonds. The topological polar surface area (TPSA) is 149 Å². The number of carboxylic acids is 2. The monoisotopic (exact) mass is 758 g/mol. The summed E-state index contributed by atoms with van der Waals surface area (Å²) in [5.74, 6) is -3.87. The van der Waals surface area contributed by atoms with Gasteiger partial charge in [-0.25, -0.2) is 18.0 Å². The SMILES string of the molecule is CCCCCCCCCCCCCCCc1c(C(=O)O)ccc(O)c1S(=O)(=O)c1c(O)ccc(C(=O)O)c1CCCCCCCCCCCCCCC. The van der Waals surface area contributed by atoms with Crippen LogP contribution in [0.4, 0.5) is 0 Å². The van der Waals surface area contributed by atoms with Crippen molar-refractivity contribution in [2.45, 2.75) is 203 Å². The largest absolute Gasteiger partial charge is 0.507 e. The first-order chi connectivity index (χ1) is 25.6. The van der Waals surface area contributed by atoms with E-state index in [1.807, 2.05) is 0 Å². The zero-order chi connectivity index (χ0) is 38.9. The summed E-state index contributed by atoms with van der Waals surface area (Å²) in [6, 6.07) is 4.51. The minimum atomic E-state index is -4.74. The second-order valence-electron chi connectivity index (χ2n) is 15.0. The molecule has 0 saturated carbocycles. The second kappa shape index (κ2) is 26.7. The van der Waals surface area contributed by atoms with Crippen molar-refractivity contribution in [2.24, 2.45) is 0 Å². The van der Waals surface area contributed by atoms with Gasteiger partial charge in [-0.3, -0.25) is 0 Å². The molecule has 0 aromatic heterocycles. The molecule has 0 fully saturated rings. The number of rotatable bonds is 32. The van der Waals surface area contributed by atoms with Gasteiger partial charge in [0, 0.05) is 0 Å². The third-order valence-corrected chi connectivity index (χ3v) is 12.5. The molecule has 8 nitrogen and oxygen atoms in total. The van der Waals surface area contributed by atoms with Crippen LogP contribution in [0.25, 0.3) is 0 Å². The van der Waals surface area contributed by atoms with E-state index in [1.54, 1.807) is 0 Å². The summed E-state index contributed by atoms with van der Waals surface area (Å²) in [5, 5.41) is 42.0. The Labute approximate surface area is 320 Å². The Kier molecular flexibility index (Phi) is 23.2. The maximum absolute atomic E-state index is 14.4. The first-order valence-electron chi connectivity index (χ1n) is 21.0. The number of benzene rings is 2. The number of carbonyl (C=O) groups is 2. The summed E-state index contributed by atoms with van der Waals surface area (Å²) in [5.41, 5.74) is -0.500. The van der Waals surface area contributed by atoms with Gasteiger partial charge in [0.1, 0.15) is 21.3 Å². The van der Waals surface area contributed by atoms with Crippen molar-refractivity contribution in [1.82, 2.24) is 0 Å². The Morgan fingerprint density at radius 3 is 0.925 bits per heavy atom. The third-order valence-electron chi connectivity index (χ3n) is 10.5. The van der Waals surface area contributed by atoms with Gasteiger partial charge >= 0.3 is 11.9 Å². The van der Waals surface area contributed by atoms with Crippen LogP contribution < -0.4 is 0 Å². The Bertz CT molecular complexity index is 1360. The molecule has 0 unspecified atom stereocenters. The maximum Gasteiger partial charge on any atom is 0.336 e. The van der Waals surface area contributed by atoms with Crippen LogP contribution in [0.15, 0.2) is 34.1 Å². The van der Waals surface area contributed by atoms with Crippen molar-refractivity contribution in [3.05, 3.63) is 46.5 Å². The summed E-state index contributed by atoms with van der Waals surface area (Å²) in [4.78, 5) is 23.5. The van der Waals surface area contributed by atoms with E-state index in [4.69, 9.17) is 0 Å². The van der Waals surface area contributed by atoms with Gasteiger partial charge in [-0.05, 0) is 61.1 Å². The molecule has 0 radical (unpaired) electrons. The zero-order valence-electron chi connectivity index (χ0n) is 32.9. The highest BCUT2D eigenvalue weighted by Gasteiger charge is 2.34. The maximum atomic E-state index is 14.4. The van der Waals surface area contributed by atoms with Crippen LogP contribution in [0, 0.1) is 0 Å². The number of hydrogen-bond donors (Lipinski definition) is 4. The Morgan fingerprint density at radius 1 is 0.434 bits per heavy atom. The molecule has 0 aliphatic carbocycles. The van der Waals surface area contributed by atoms with E-state index in [2.05, 4.69) is 13.8 Å². The molecule has 2 aromatic rings. The molecule has 53 heavy (non-hydrogen) atoms. The van der Waals surface area contributed by atoms with Gasteiger partial charge < -0.3 is 20.4 Å². The molecule has 0 aliphatic heterocycles. The number of hydrogen-bond acceptors (Lipinski definition) is 6. The van der Waals surface area contributed by atoms with Crippen LogP contribution >= 0.6 is 0 Å². The van der Waals surface area contributed by atoms with Crippen LogP contribution in [0.2, 0.25) is 0 Å². The van der Waals surface area contributed by atoms with Gasteiger partial charge in [0.15, 0.2) is 0 Å². The third kappa shape index (κ3) is 16.5. The molecular weight excluding hydrogens is 689 g/mol. The van der Waals surface area contributed by atoms with E-state index in [1.165, 1.54) is 115 Å². The molecule has 4 N–H and O–H groups in total. The number of carboxylic acid groups (broad SMARTS) is 2. The summed E-state index contributed by atoms with van der Waals surface area (Å²) in [7, 11) is -4.74. The van der Waals surface area contributed by atoms with Crippen molar-refractivity contribution >= 4 is 21.8 Å². The molecule has 0 bridgehead atoms. The second-order valence-corrected chi connectivity index (χ2v) is 16.8. The number of phenolic OH excluding ortho intramolecular Hbond substituents is 2. The molecule has 0 aliphatic rings. The highest BCUT2D eigenvalue weighted by Crippen LogP contribution is 2.41. The predicted molar refractivity (Wildman–Crippen MR) is 214 cm³/mol. The standard InChI is InChI=1S/C44H70O8S/c1-3-5-7-9-11-13-15-17-19-21-23-25-27-29-35-37(43(47)48)31-33-39(45)41(35)53(51,52)42-36(38(44(49)50)32-34-40(42)46)30-28-26-24-22-20-18-16-14-12-10-8-6-4-2/h31-34,45-46H,3-30H2,1-2H3,(H,47,48)(H,49,50). The van der Waals surface area contributed by atoms with E-state index >= 15 is 0 Å². The van der Waals surface area contributed by atoms with E-state index in [0.717, 1.165) is 63.5 Å². The van der Waals surface area contributed by atoms with Crippen molar-refractivity contribution < 1.29 is 38.4 Å². The van der Waals surface area contributed by atoms with E-state index in [0.29, 0.717) is 12.8 Å². The van der Waals surface area contributed by atoms with Crippen LogP contribution in [0.1, 0.15) is 213 Å². The minimum absolute atomic E-state index is 0.0207. The van der Waals surface area contributed by atoms with E-state index in [-0.39, 0.29) is 35.1 Å². The summed E-state index contributed by atoms with van der Waals surface area (Å²) >= 11 is 0. The van der Waals surface area contributed by atoms with Crippen molar-refractivity contribution in [1.29, 1.82) is 0 Å². The lowest BCUT2D eigenvalue weighted by Gasteiger charge is -2.19. The Morgan fingerprint density at radius 2 is 0.679 bits per heavy atom. The van der Waals surface area contributed by atoms with Crippen LogP contribution in [0.3, 0.4) is 0 Å². The van der Waals surface area contributed by atoms with E-state index in [9.17, 15) is 38.4 Å². The highest BCUT2D eigenvalue weighted by molar-refractivity contribution is 7.91. The number of unbranched alkanes of at least 4 members (excludes halogenated alkanes) is 24. The van der Waals surface area contributed by atoms with Crippen molar-refractivity contribution in [3.63, 3.8) is 0 Å². The van der Waals surface area contributed by atoms with Crippen LogP contribution in [-0.4, -0.2) is 40.8 Å². The summed E-state index contributed by atoms with van der Waals surface area (Å²) < 4.78 is 28.9. The fraction of sp³-hybridized carbons (Fsp3) is 0.682. The van der Waals surface area contributed by atoms with Crippen LogP contribution in [-0.2, 0) is 22.7 Å². The van der Waals surface area contributed by atoms with E-state index < -0.39 is 43.1 Å². The summed E-state index contributed by atoms with van der Waals surface area (Å²) in [6.07, 6.45) is 29.4. The van der Waals surface area contributed by atoms with Crippen molar-refractivity contribution in [3.8, 4) is 11.5 Å². The highest BCUT2D eigenvalue weighted by atomic mass is 32.2. The van der Waals surface area contributed by atoms with Crippen molar-refractivity contribution in [2.75, 3.05) is 0 Å². The van der Waals surface area contributed by atoms with Gasteiger partial charge in [-0.15, -0.1) is 0 Å². The lowest BCUT2D eigenvalue weighted by Crippen LogP contribution is -2.15. The minimum Gasteiger partial charge on any atom is -0.507 e. The first-order valence-corrected chi connectivity index (χ1v) is 22.5. The average Bonchev–Trinajstić information content (AvgIpc) is 3.11. The summed E-state index contributed by atoms with van der Waals surface area (Å²) in [6.45, 7) is 4.45. The van der Waals surface area contributed by atoms with Gasteiger partial charge in [0.25, 0.3) is 0 Å². The van der Waals surface area contributed by atoms with Gasteiger partial charge in [-0.1, -0.05) is 168 Å². The molecule has 2 rings (SSSR count). The van der Waals surface area contributed by atoms with Gasteiger partial charge in [-0.2, -0.15) is 0 Å². The van der Waals surface area contributed by atoms with Gasteiger partial charge in [0.05, 0.1) is 11.1 Å². The molecule has 0 atom stereocenters. The number of aromatic hydroxyl groups is 2. The molecular formula is C44H70O8S. The lowest BCUT2D eigenvalue weighted by molar-refractivity contribution is 0.0684. The quantitative estimate of drug-likeness (QED) is 0.0539. The number of sulfone groups is 1. The first kappa shape index (κ1) is 46.1. The Balaban J connectivity index is 2.10. The molecule has 0 spiro atoms. The Hall–Kier alpha value is -3.07. The zero-order valence-corrected chi connectivity index (χ0v) is 33.8. The normalized spacial score (nSPS) is 11.7. The molecule has 9 heteroatoms. The average molecular weight is 759 g/mol. The lowest BCUT2D eigenvalue weighted by atomic mass is 9.99. The molecule has 2 aromatic carbocycles. The predicted octanol–water partition coefficient (Wildman–Crippen LogP) is 12.6. The van der Waals surface area contributed by atoms with Crippen LogP contribution in [0.5, 0.6) is 11.5 Å². The molecule has 300 valence electrons. The molecule has 0 heterocycles. The number of aromatic carboxylic acids is 2. The number of phenols is 2.